The van der Waals surface area contributed by atoms with Crippen LogP contribution in [0.3, 0.4) is 0 Å². The van der Waals surface area contributed by atoms with Gasteiger partial charge in [-0.25, -0.2) is 0 Å². The molecule has 1 saturated heterocycles. The van der Waals surface area contributed by atoms with E-state index in [4.69, 9.17) is 21.9 Å². The number of aromatic nitrogens is 1. The molecular formula is C16H21ClN4O. The first kappa shape index (κ1) is 15.3. The molecule has 2 N–H and O–H groups in total. The SMILES string of the molecule is Cc1ccc(Cl)cc1N1CCN(Cc2cc(CN)on2)CC1. The fourth-order valence-corrected chi connectivity index (χ4v) is 2.99. The van der Waals surface area contributed by atoms with E-state index in [1.807, 2.05) is 12.1 Å². The van der Waals surface area contributed by atoms with Gasteiger partial charge in [0, 0.05) is 49.5 Å². The van der Waals surface area contributed by atoms with Gasteiger partial charge in [-0.1, -0.05) is 22.8 Å². The number of halogens is 1. The second-order valence-electron chi connectivity index (χ2n) is 5.68. The molecule has 0 spiro atoms. The largest absolute Gasteiger partial charge is 0.369 e. The van der Waals surface area contributed by atoms with Crippen LogP contribution < -0.4 is 10.6 Å². The van der Waals surface area contributed by atoms with Gasteiger partial charge < -0.3 is 15.2 Å². The fraction of sp³-hybridized carbons (Fsp3) is 0.438. The number of nitrogens with two attached hydrogens (primary N) is 1. The lowest BCUT2D eigenvalue weighted by Gasteiger charge is -2.36. The van der Waals surface area contributed by atoms with E-state index < -0.39 is 0 Å². The van der Waals surface area contributed by atoms with Crippen LogP contribution in [0.2, 0.25) is 5.02 Å². The van der Waals surface area contributed by atoms with Crippen molar-refractivity contribution in [1.82, 2.24) is 10.1 Å². The average molecular weight is 321 g/mol. The van der Waals surface area contributed by atoms with E-state index in [0.717, 1.165) is 49.2 Å². The summed E-state index contributed by atoms with van der Waals surface area (Å²) in [5.74, 6) is 0.739. The van der Waals surface area contributed by atoms with Gasteiger partial charge in [0.2, 0.25) is 0 Å². The van der Waals surface area contributed by atoms with Crippen LogP contribution in [0.4, 0.5) is 5.69 Å². The van der Waals surface area contributed by atoms with Crippen LogP contribution in [0.5, 0.6) is 0 Å². The molecule has 0 unspecified atom stereocenters. The van der Waals surface area contributed by atoms with E-state index in [0.29, 0.717) is 6.54 Å². The zero-order valence-electron chi connectivity index (χ0n) is 12.8. The molecule has 3 rings (SSSR count). The summed E-state index contributed by atoms with van der Waals surface area (Å²) in [7, 11) is 0. The van der Waals surface area contributed by atoms with Gasteiger partial charge in [0.05, 0.1) is 12.2 Å². The lowest BCUT2D eigenvalue weighted by atomic mass is 10.1. The molecule has 6 heteroatoms. The van der Waals surface area contributed by atoms with E-state index in [1.165, 1.54) is 11.3 Å². The summed E-state index contributed by atoms with van der Waals surface area (Å²) in [5.41, 5.74) is 8.99. The van der Waals surface area contributed by atoms with E-state index in [-0.39, 0.29) is 0 Å². The lowest BCUT2D eigenvalue weighted by Crippen LogP contribution is -2.46. The van der Waals surface area contributed by atoms with Crippen molar-refractivity contribution < 1.29 is 4.52 Å². The van der Waals surface area contributed by atoms with Gasteiger partial charge >= 0.3 is 0 Å². The van der Waals surface area contributed by atoms with Crippen molar-refractivity contribution in [2.75, 3.05) is 31.1 Å². The Hall–Kier alpha value is -1.56. The van der Waals surface area contributed by atoms with Crippen molar-refractivity contribution in [3.05, 3.63) is 46.3 Å². The minimum atomic E-state index is 0.398. The smallest absolute Gasteiger partial charge is 0.150 e. The molecule has 0 bridgehead atoms. The Morgan fingerprint density at radius 1 is 1.23 bits per heavy atom. The van der Waals surface area contributed by atoms with Gasteiger partial charge in [-0.2, -0.15) is 0 Å². The molecule has 1 aliphatic heterocycles. The Bertz CT molecular complexity index is 635. The summed E-state index contributed by atoms with van der Waals surface area (Å²) in [6, 6.07) is 8.01. The van der Waals surface area contributed by atoms with Crippen LogP contribution in [0.15, 0.2) is 28.8 Å². The van der Waals surface area contributed by atoms with E-state index >= 15 is 0 Å². The van der Waals surface area contributed by atoms with Crippen molar-refractivity contribution in [2.45, 2.75) is 20.0 Å². The highest BCUT2D eigenvalue weighted by Crippen LogP contribution is 2.25. The average Bonchev–Trinajstić information content (AvgIpc) is 2.98. The van der Waals surface area contributed by atoms with Crippen LogP contribution in [0.25, 0.3) is 0 Å². The number of hydrogen-bond donors (Lipinski definition) is 1. The maximum absolute atomic E-state index is 6.12. The van der Waals surface area contributed by atoms with E-state index in [9.17, 15) is 0 Å². The molecule has 0 saturated carbocycles. The highest BCUT2D eigenvalue weighted by atomic mass is 35.5. The number of rotatable bonds is 4. The predicted octanol–water partition coefficient (Wildman–Crippen LogP) is 2.42. The first-order chi connectivity index (χ1) is 10.7. The van der Waals surface area contributed by atoms with Crippen LogP contribution in [-0.4, -0.2) is 36.2 Å². The number of hydrogen-bond acceptors (Lipinski definition) is 5. The topological polar surface area (TPSA) is 58.5 Å². The fourth-order valence-electron chi connectivity index (χ4n) is 2.83. The number of nitrogens with zero attached hydrogens (tertiary/aromatic N) is 3. The standard InChI is InChI=1S/C16H21ClN4O/c1-12-2-3-13(17)8-16(12)21-6-4-20(5-7-21)11-14-9-15(10-18)22-19-14/h2-3,8-9H,4-7,10-11,18H2,1H3. The summed E-state index contributed by atoms with van der Waals surface area (Å²) >= 11 is 6.12. The van der Waals surface area contributed by atoms with Gasteiger partial charge in [0.25, 0.3) is 0 Å². The molecule has 2 aromatic rings. The molecule has 5 nitrogen and oxygen atoms in total. The van der Waals surface area contributed by atoms with Crippen LogP contribution in [0.1, 0.15) is 17.0 Å². The predicted molar refractivity (Wildman–Crippen MR) is 88.1 cm³/mol. The molecule has 1 aromatic carbocycles. The highest BCUT2D eigenvalue weighted by molar-refractivity contribution is 6.30. The molecular weight excluding hydrogens is 300 g/mol. The molecule has 0 atom stereocenters. The normalized spacial score (nSPS) is 16.2. The maximum atomic E-state index is 6.12. The Kier molecular flexibility index (Phi) is 4.66. The Labute approximate surface area is 135 Å². The molecule has 0 amide bonds. The van der Waals surface area contributed by atoms with Gasteiger partial charge in [-0.05, 0) is 24.6 Å². The van der Waals surface area contributed by atoms with Gasteiger partial charge in [-0.3, -0.25) is 4.90 Å². The number of benzene rings is 1. The first-order valence-corrected chi connectivity index (χ1v) is 7.91. The Morgan fingerprint density at radius 3 is 2.68 bits per heavy atom. The quantitative estimate of drug-likeness (QED) is 0.937. The molecule has 1 aliphatic rings. The van der Waals surface area contributed by atoms with Crippen molar-refractivity contribution in [3.8, 4) is 0 Å². The zero-order chi connectivity index (χ0) is 15.5. The van der Waals surface area contributed by atoms with Crippen molar-refractivity contribution in [2.24, 2.45) is 5.73 Å². The minimum Gasteiger partial charge on any atom is -0.369 e. The molecule has 1 fully saturated rings. The second kappa shape index (κ2) is 6.69. The molecule has 0 radical (unpaired) electrons. The third kappa shape index (κ3) is 3.43. The summed E-state index contributed by atoms with van der Waals surface area (Å²) in [6.45, 7) is 7.31. The van der Waals surface area contributed by atoms with Crippen molar-refractivity contribution in [3.63, 3.8) is 0 Å². The van der Waals surface area contributed by atoms with Gasteiger partial charge in [0.1, 0.15) is 0 Å². The minimum absolute atomic E-state index is 0.398. The summed E-state index contributed by atoms with van der Waals surface area (Å²) in [4.78, 5) is 4.78. The van der Waals surface area contributed by atoms with Gasteiger partial charge in [0.15, 0.2) is 5.76 Å². The lowest BCUT2D eigenvalue weighted by molar-refractivity contribution is 0.241. The number of anilines is 1. The highest BCUT2D eigenvalue weighted by Gasteiger charge is 2.19. The summed E-state index contributed by atoms with van der Waals surface area (Å²) in [5, 5.41) is 4.85. The Balaban J connectivity index is 1.59. The molecule has 2 heterocycles. The third-order valence-corrected chi connectivity index (χ3v) is 4.31. The van der Waals surface area contributed by atoms with E-state index in [2.05, 4.69) is 34.0 Å². The molecule has 118 valence electrons. The Morgan fingerprint density at radius 2 is 2.00 bits per heavy atom. The zero-order valence-corrected chi connectivity index (χ0v) is 13.5. The van der Waals surface area contributed by atoms with Crippen molar-refractivity contribution in [1.29, 1.82) is 0 Å². The maximum Gasteiger partial charge on any atom is 0.150 e. The van der Waals surface area contributed by atoms with Crippen LogP contribution in [0, 0.1) is 6.92 Å². The first-order valence-electron chi connectivity index (χ1n) is 7.53. The number of piperazine rings is 1. The van der Waals surface area contributed by atoms with Crippen LogP contribution in [-0.2, 0) is 13.1 Å². The summed E-state index contributed by atoms with van der Waals surface area (Å²) in [6.07, 6.45) is 0. The molecule has 1 aromatic heterocycles. The molecule has 0 aliphatic carbocycles. The monoisotopic (exact) mass is 320 g/mol. The third-order valence-electron chi connectivity index (χ3n) is 4.08. The second-order valence-corrected chi connectivity index (χ2v) is 6.12. The number of aryl methyl sites for hydroxylation is 1. The summed E-state index contributed by atoms with van der Waals surface area (Å²) < 4.78 is 5.15. The molecule has 22 heavy (non-hydrogen) atoms. The van der Waals surface area contributed by atoms with Gasteiger partial charge in [-0.15, -0.1) is 0 Å². The van der Waals surface area contributed by atoms with E-state index in [1.54, 1.807) is 0 Å². The van der Waals surface area contributed by atoms with Crippen molar-refractivity contribution >= 4 is 17.3 Å². The van der Waals surface area contributed by atoms with Crippen LogP contribution >= 0.6 is 11.6 Å².